The average molecular weight is 576 g/mol. The van der Waals surface area contributed by atoms with Gasteiger partial charge in [0, 0.05) is 13.6 Å². The number of hydrogen-bond acceptors (Lipinski definition) is 4. The summed E-state index contributed by atoms with van der Waals surface area (Å²) >= 11 is 0. The van der Waals surface area contributed by atoms with Crippen LogP contribution in [0.15, 0.2) is 83.8 Å². The predicted molar refractivity (Wildman–Crippen MR) is 147 cm³/mol. The molecule has 0 spiro atoms. The summed E-state index contributed by atoms with van der Waals surface area (Å²) in [6.45, 7) is 2.77. The summed E-state index contributed by atoms with van der Waals surface area (Å²) in [5, 5.41) is 2.53. The standard InChI is InChI=1S/C29H32F3N3O4S/c1-4-26(28(37)33-3)34(18-17-22-9-6-5-7-10-22)27(36)20-35(24-12-8-11-23(19-24)29(30,31)32)40(38,39)25-15-13-21(2)14-16-25/h5-16,19,26H,4,17-18,20H2,1-3H3,(H,33,37)/t26-/m0/s1. The lowest BCUT2D eigenvalue weighted by molar-refractivity contribution is -0.139. The number of nitrogens with zero attached hydrogens (tertiary/aromatic N) is 2. The maximum Gasteiger partial charge on any atom is 0.416 e. The number of nitrogens with one attached hydrogen (secondary N) is 1. The molecule has 214 valence electrons. The zero-order chi connectivity index (χ0) is 29.5. The molecule has 3 aromatic rings. The van der Waals surface area contributed by atoms with Gasteiger partial charge in [-0.1, -0.05) is 61.0 Å². The molecule has 3 rings (SSSR count). The SMILES string of the molecule is CC[C@@H](C(=O)NC)N(CCc1ccccc1)C(=O)CN(c1cccc(C(F)(F)F)c1)S(=O)(=O)c1ccc(C)cc1. The first-order valence-corrected chi connectivity index (χ1v) is 14.1. The minimum absolute atomic E-state index is 0.0930. The van der Waals surface area contributed by atoms with Gasteiger partial charge in [-0.3, -0.25) is 13.9 Å². The second-order valence-electron chi connectivity index (χ2n) is 9.23. The smallest absolute Gasteiger partial charge is 0.357 e. The topological polar surface area (TPSA) is 86.8 Å². The van der Waals surface area contributed by atoms with E-state index in [2.05, 4.69) is 5.32 Å². The molecule has 0 aliphatic rings. The third kappa shape index (κ3) is 7.41. The van der Waals surface area contributed by atoms with Crippen LogP contribution in [0.1, 0.15) is 30.0 Å². The normalized spacial score (nSPS) is 12.4. The molecular formula is C29H32F3N3O4S. The fourth-order valence-electron chi connectivity index (χ4n) is 4.27. The summed E-state index contributed by atoms with van der Waals surface area (Å²) in [4.78, 5) is 27.6. The van der Waals surface area contributed by atoms with Crippen molar-refractivity contribution in [3.8, 4) is 0 Å². The number of benzene rings is 3. The second-order valence-corrected chi connectivity index (χ2v) is 11.1. The molecule has 0 saturated heterocycles. The first-order valence-electron chi connectivity index (χ1n) is 12.7. The number of likely N-dealkylation sites (N-methyl/N-ethyl adjacent to an activating group) is 1. The number of carbonyl (C=O) groups is 2. The minimum Gasteiger partial charge on any atom is -0.357 e. The van der Waals surface area contributed by atoms with Crippen molar-refractivity contribution in [1.29, 1.82) is 0 Å². The van der Waals surface area contributed by atoms with Crippen molar-refractivity contribution in [3.05, 3.63) is 95.6 Å². The fraction of sp³-hybridized carbons (Fsp3) is 0.310. The van der Waals surface area contributed by atoms with Crippen molar-refractivity contribution in [2.24, 2.45) is 0 Å². The largest absolute Gasteiger partial charge is 0.416 e. The number of rotatable bonds is 11. The van der Waals surface area contributed by atoms with E-state index in [1.807, 2.05) is 30.3 Å². The molecule has 0 aromatic heterocycles. The molecule has 0 unspecified atom stereocenters. The van der Waals surface area contributed by atoms with Crippen LogP contribution in [0.3, 0.4) is 0 Å². The molecule has 7 nitrogen and oxygen atoms in total. The number of halogens is 3. The fourth-order valence-corrected chi connectivity index (χ4v) is 5.67. The van der Waals surface area contributed by atoms with Gasteiger partial charge in [0.15, 0.2) is 0 Å². The van der Waals surface area contributed by atoms with Gasteiger partial charge in [0.05, 0.1) is 16.1 Å². The van der Waals surface area contributed by atoms with E-state index in [1.165, 1.54) is 30.1 Å². The molecule has 0 radical (unpaired) electrons. The van der Waals surface area contributed by atoms with E-state index in [-0.39, 0.29) is 23.5 Å². The van der Waals surface area contributed by atoms with Crippen LogP contribution >= 0.6 is 0 Å². The summed E-state index contributed by atoms with van der Waals surface area (Å²) in [5.74, 6) is -1.16. The summed E-state index contributed by atoms with van der Waals surface area (Å²) in [6.07, 6.45) is -4.10. The van der Waals surface area contributed by atoms with Gasteiger partial charge < -0.3 is 10.2 Å². The number of anilines is 1. The van der Waals surface area contributed by atoms with Gasteiger partial charge in [-0.2, -0.15) is 13.2 Å². The summed E-state index contributed by atoms with van der Waals surface area (Å²) in [6, 6.07) is 17.9. The number of amides is 2. The molecule has 2 amide bonds. The zero-order valence-corrected chi connectivity index (χ0v) is 23.3. The molecule has 0 heterocycles. The molecule has 11 heteroatoms. The van der Waals surface area contributed by atoms with Crippen LogP contribution in [-0.2, 0) is 32.2 Å². The first kappa shape index (κ1) is 30.7. The number of aryl methyl sites for hydroxylation is 1. The van der Waals surface area contributed by atoms with Gasteiger partial charge in [-0.15, -0.1) is 0 Å². The molecule has 0 saturated carbocycles. The van der Waals surface area contributed by atoms with E-state index in [1.54, 1.807) is 26.0 Å². The van der Waals surface area contributed by atoms with Crippen LogP contribution < -0.4 is 9.62 Å². The van der Waals surface area contributed by atoms with Crippen molar-refractivity contribution < 1.29 is 31.2 Å². The van der Waals surface area contributed by atoms with Crippen LogP contribution in [0.4, 0.5) is 18.9 Å². The number of carbonyl (C=O) groups excluding carboxylic acids is 2. The Balaban J connectivity index is 2.07. The highest BCUT2D eigenvalue weighted by Crippen LogP contribution is 2.33. The van der Waals surface area contributed by atoms with Crippen LogP contribution in [0.25, 0.3) is 0 Å². The number of hydrogen-bond donors (Lipinski definition) is 1. The predicted octanol–water partition coefficient (Wildman–Crippen LogP) is 4.81. The van der Waals surface area contributed by atoms with E-state index < -0.39 is 46.2 Å². The van der Waals surface area contributed by atoms with Crippen LogP contribution in [-0.4, -0.2) is 51.3 Å². The van der Waals surface area contributed by atoms with Gasteiger partial charge in [-0.25, -0.2) is 8.42 Å². The Bertz CT molecular complexity index is 1410. The van der Waals surface area contributed by atoms with Gasteiger partial charge in [0.2, 0.25) is 11.8 Å². The Kier molecular flexibility index (Phi) is 9.97. The lowest BCUT2D eigenvalue weighted by atomic mass is 10.1. The third-order valence-electron chi connectivity index (χ3n) is 6.47. The molecule has 1 atom stereocenters. The number of sulfonamides is 1. The molecule has 0 bridgehead atoms. The highest BCUT2D eigenvalue weighted by Gasteiger charge is 2.35. The quantitative estimate of drug-likeness (QED) is 0.356. The van der Waals surface area contributed by atoms with Crippen molar-refractivity contribution >= 4 is 27.5 Å². The van der Waals surface area contributed by atoms with E-state index in [4.69, 9.17) is 0 Å². The molecule has 0 fully saturated rings. The minimum atomic E-state index is -4.73. The lowest BCUT2D eigenvalue weighted by Crippen LogP contribution is -2.52. The van der Waals surface area contributed by atoms with Gasteiger partial charge in [-0.05, 0) is 55.7 Å². The van der Waals surface area contributed by atoms with Crippen LogP contribution in [0.2, 0.25) is 0 Å². The Hall–Kier alpha value is -3.86. The van der Waals surface area contributed by atoms with Gasteiger partial charge in [0.25, 0.3) is 10.0 Å². The molecule has 3 aromatic carbocycles. The first-order chi connectivity index (χ1) is 18.9. The number of alkyl halides is 3. The molecule has 0 aliphatic heterocycles. The molecule has 0 aliphatic carbocycles. The summed E-state index contributed by atoms with van der Waals surface area (Å²) in [5.41, 5.74) is 0.303. The molecule has 1 N–H and O–H groups in total. The third-order valence-corrected chi connectivity index (χ3v) is 8.25. The molecular weight excluding hydrogens is 543 g/mol. The van der Waals surface area contributed by atoms with Gasteiger partial charge in [0.1, 0.15) is 12.6 Å². The van der Waals surface area contributed by atoms with Crippen molar-refractivity contribution in [2.75, 3.05) is 24.4 Å². The average Bonchev–Trinajstić information content (AvgIpc) is 2.93. The highest BCUT2D eigenvalue weighted by molar-refractivity contribution is 7.92. The van der Waals surface area contributed by atoms with Crippen molar-refractivity contribution in [3.63, 3.8) is 0 Å². The van der Waals surface area contributed by atoms with Crippen LogP contribution in [0.5, 0.6) is 0 Å². The van der Waals surface area contributed by atoms with Crippen molar-refractivity contribution in [1.82, 2.24) is 10.2 Å². The Labute approximate surface area is 232 Å². The zero-order valence-electron chi connectivity index (χ0n) is 22.5. The highest BCUT2D eigenvalue weighted by atomic mass is 32.2. The Morgan fingerprint density at radius 2 is 1.60 bits per heavy atom. The maximum atomic E-state index is 13.8. The van der Waals surface area contributed by atoms with E-state index >= 15 is 0 Å². The monoisotopic (exact) mass is 575 g/mol. The van der Waals surface area contributed by atoms with Crippen LogP contribution in [0, 0.1) is 6.92 Å². The Morgan fingerprint density at radius 3 is 2.17 bits per heavy atom. The summed E-state index contributed by atoms with van der Waals surface area (Å²) in [7, 11) is -3.04. The molecule has 40 heavy (non-hydrogen) atoms. The van der Waals surface area contributed by atoms with E-state index in [9.17, 15) is 31.2 Å². The second kappa shape index (κ2) is 13.0. The van der Waals surface area contributed by atoms with Crippen molar-refractivity contribution in [2.45, 2.75) is 43.8 Å². The van der Waals surface area contributed by atoms with E-state index in [0.29, 0.717) is 16.8 Å². The maximum absolute atomic E-state index is 13.8. The summed E-state index contributed by atoms with van der Waals surface area (Å²) < 4.78 is 68.8. The lowest BCUT2D eigenvalue weighted by Gasteiger charge is -2.33. The van der Waals surface area contributed by atoms with Gasteiger partial charge >= 0.3 is 6.18 Å². The van der Waals surface area contributed by atoms with E-state index in [0.717, 1.165) is 23.3 Å². The Morgan fingerprint density at radius 1 is 0.950 bits per heavy atom.